The Morgan fingerprint density at radius 2 is 1.97 bits per heavy atom. The first-order valence-corrected chi connectivity index (χ1v) is 13.6. The second-order valence-corrected chi connectivity index (χ2v) is 12.4. The zero-order valence-corrected chi connectivity index (χ0v) is 21.2. The highest BCUT2D eigenvalue weighted by Crippen LogP contribution is 2.70. The summed E-state index contributed by atoms with van der Waals surface area (Å²) in [5, 5.41) is 24.0. The van der Waals surface area contributed by atoms with Crippen molar-refractivity contribution >= 4 is 11.9 Å². The summed E-state index contributed by atoms with van der Waals surface area (Å²) in [5.41, 5.74) is -0.266. The van der Waals surface area contributed by atoms with E-state index in [9.17, 15) is 19.8 Å². The van der Waals surface area contributed by atoms with E-state index in [2.05, 4.69) is 11.9 Å². The number of aliphatic hydroxyl groups excluding tert-OH is 1. The fourth-order valence-electron chi connectivity index (χ4n) is 9.16. The molecule has 1 aliphatic heterocycles. The Bertz CT molecular complexity index is 1090. The largest absolute Gasteiger partial charge is 0.459 e. The number of cyclic esters (lactones) is 1. The molecular weight excluding hydrogens is 458 g/mol. The number of esters is 2. The van der Waals surface area contributed by atoms with Crippen molar-refractivity contribution in [2.75, 3.05) is 6.61 Å². The van der Waals surface area contributed by atoms with Crippen LogP contribution in [0.4, 0.5) is 0 Å². The molecule has 0 spiro atoms. The van der Waals surface area contributed by atoms with Crippen LogP contribution >= 0.6 is 0 Å². The molecule has 0 radical (unpaired) electrons. The van der Waals surface area contributed by atoms with Crippen LogP contribution in [0.2, 0.25) is 0 Å². The van der Waals surface area contributed by atoms with Crippen LogP contribution in [0, 0.1) is 34.5 Å². The fourth-order valence-corrected chi connectivity index (χ4v) is 9.16. The van der Waals surface area contributed by atoms with Gasteiger partial charge >= 0.3 is 11.9 Å². The first-order chi connectivity index (χ1) is 17.2. The van der Waals surface area contributed by atoms with E-state index in [-0.39, 0.29) is 47.8 Å². The average Bonchev–Trinajstić information content (AvgIpc) is 3.41. The summed E-state index contributed by atoms with van der Waals surface area (Å²) in [6.07, 6.45) is 10.5. The first kappa shape index (κ1) is 24.1. The number of nitrogens with zero attached hydrogens (tertiary/aromatic N) is 1. The lowest BCUT2D eigenvalue weighted by atomic mass is 9.42. The Kier molecular flexibility index (Phi) is 5.61. The molecule has 5 aliphatic rings. The molecule has 7 heteroatoms. The number of pyridine rings is 1. The van der Waals surface area contributed by atoms with Gasteiger partial charge in [-0.25, -0.2) is 9.59 Å². The molecule has 0 aromatic carbocycles. The third kappa shape index (κ3) is 3.34. The van der Waals surface area contributed by atoms with Crippen LogP contribution in [-0.4, -0.2) is 51.6 Å². The van der Waals surface area contributed by atoms with Gasteiger partial charge in [-0.15, -0.1) is 0 Å². The number of fused-ring (bicyclic) bond motifs is 5. The van der Waals surface area contributed by atoms with Crippen LogP contribution in [0.25, 0.3) is 0 Å². The Labute approximate surface area is 212 Å². The van der Waals surface area contributed by atoms with Gasteiger partial charge in [-0.1, -0.05) is 13.8 Å². The van der Waals surface area contributed by atoms with Crippen molar-refractivity contribution in [1.29, 1.82) is 0 Å². The van der Waals surface area contributed by atoms with Crippen molar-refractivity contribution in [3.05, 3.63) is 41.7 Å². The van der Waals surface area contributed by atoms with Crippen molar-refractivity contribution in [2.24, 2.45) is 34.5 Å². The summed E-state index contributed by atoms with van der Waals surface area (Å²) in [5.74, 6) is 0.0439. The minimum atomic E-state index is -0.968. The second-order valence-electron chi connectivity index (χ2n) is 12.4. The lowest BCUT2D eigenvalue weighted by Gasteiger charge is -2.65. The Hall–Kier alpha value is -2.25. The van der Waals surface area contributed by atoms with Gasteiger partial charge in [0.05, 0.1) is 17.3 Å². The molecule has 4 aliphatic carbocycles. The number of rotatable bonds is 3. The normalized spacial score (nSPS) is 45.7. The second kappa shape index (κ2) is 8.38. The number of hydrogen-bond donors (Lipinski definition) is 2. The summed E-state index contributed by atoms with van der Waals surface area (Å²) in [4.78, 5) is 28.4. The number of hydrogen-bond acceptors (Lipinski definition) is 7. The monoisotopic (exact) mass is 495 g/mol. The SMILES string of the molecule is C[C@]12CC[C@H](OC(=O)c3cccnc3)C[C@@H]1CC[C@@H]1[C@@H]2C[C@H](O)[C@]2(C)[C@H](C3=CC(=O)OC3)CC[C@@]12O. The number of ether oxygens (including phenoxy) is 2. The van der Waals surface area contributed by atoms with E-state index in [1.54, 1.807) is 30.6 Å². The predicted octanol–water partition coefficient (Wildman–Crippen LogP) is 3.83. The van der Waals surface area contributed by atoms with Crippen molar-refractivity contribution in [1.82, 2.24) is 4.98 Å². The topological polar surface area (TPSA) is 106 Å². The van der Waals surface area contributed by atoms with E-state index in [1.807, 2.05) is 6.92 Å². The maximum atomic E-state index is 12.6. The van der Waals surface area contributed by atoms with Gasteiger partial charge in [0.2, 0.25) is 0 Å². The molecule has 0 bridgehead atoms. The molecule has 2 heterocycles. The maximum absolute atomic E-state index is 12.6. The van der Waals surface area contributed by atoms with Crippen LogP contribution in [0.15, 0.2) is 36.2 Å². The summed E-state index contributed by atoms with van der Waals surface area (Å²) < 4.78 is 11.1. The molecule has 1 aromatic heterocycles. The van der Waals surface area contributed by atoms with Gasteiger partial charge in [-0.2, -0.15) is 0 Å². The molecular formula is C29H37NO6. The first-order valence-electron chi connectivity index (χ1n) is 13.6. The maximum Gasteiger partial charge on any atom is 0.339 e. The highest BCUT2D eigenvalue weighted by molar-refractivity contribution is 5.89. The van der Waals surface area contributed by atoms with Gasteiger partial charge in [0.15, 0.2) is 0 Å². The molecule has 7 nitrogen and oxygen atoms in total. The molecule has 0 unspecified atom stereocenters. The lowest BCUT2D eigenvalue weighted by Crippen LogP contribution is -2.67. The number of carbonyl (C=O) groups excluding carboxylic acids is 2. The zero-order valence-electron chi connectivity index (χ0n) is 21.2. The van der Waals surface area contributed by atoms with Crippen molar-refractivity contribution in [3.8, 4) is 0 Å². The molecule has 4 fully saturated rings. The molecule has 2 N–H and O–H groups in total. The summed E-state index contributed by atoms with van der Waals surface area (Å²) in [7, 11) is 0. The van der Waals surface area contributed by atoms with Gasteiger partial charge in [-0.3, -0.25) is 4.98 Å². The van der Waals surface area contributed by atoms with Crippen LogP contribution in [-0.2, 0) is 14.3 Å². The number of aromatic nitrogens is 1. The van der Waals surface area contributed by atoms with E-state index < -0.39 is 17.1 Å². The highest BCUT2D eigenvalue weighted by Gasteiger charge is 2.70. The van der Waals surface area contributed by atoms with E-state index in [0.717, 1.165) is 44.1 Å². The molecule has 0 amide bonds. The number of carbonyl (C=O) groups is 2. The van der Waals surface area contributed by atoms with Crippen molar-refractivity contribution in [2.45, 2.75) is 83.0 Å². The van der Waals surface area contributed by atoms with E-state index in [0.29, 0.717) is 24.3 Å². The van der Waals surface area contributed by atoms with Crippen LogP contribution < -0.4 is 0 Å². The minimum absolute atomic E-state index is 0.0119. The fraction of sp³-hybridized carbons (Fsp3) is 0.690. The highest BCUT2D eigenvalue weighted by atomic mass is 16.5. The molecule has 36 heavy (non-hydrogen) atoms. The zero-order chi connectivity index (χ0) is 25.3. The van der Waals surface area contributed by atoms with Crippen LogP contribution in [0.1, 0.15) is 75.6 Å². The third-order valence-electron chi connectivity index (χ3n) is 11.2. The number of aliphatic hydroxyl groups is 2. The smallest absolute Gasteiger partial charge is 0.339 e. The molecule has 194 valence electrons. The quantitative estimate of drug-likeness (QED) is 0.614. The lowest BCUT2D eigenvalue weighted by molar-refractivity contribution is -0.244. The van der Waals surface area contributed by atoms with E-state index in [1.165, 1.54) is 0 Å². The standard InChI is InChI=1S/C29H37NO6/c1-27-9-7-20(36-26(33)17-4-3-11-30-15-17)13-19(27)5-6-22-23(27)14-24(31)28(2)21(8-10-29(22,28)34)18-12-25(32)35-16-18/h3-4,11-12,15,19-24,31,34H,5-10,13-14,16H2,1-2H3/t19-,20-,21-,22+,23-,24-,27-,28-,29+/m0/s1. The van der Waals surface area contributed by atoms with Crippen LogP contribution in [0.3, 0.4) is 0 Å². The van der Waals surface area contributed by atoms with Gasteiger partial charge in [0.1, 0.15) is 12.7 Å². The van der Waals surface area contributed by atoms with Crippen LogP contribution in [0.5, 0.6) is 0 Å². The summed E-state index contributed by atoms with van der Waals surface area (Å²) >= 11 is 0. The van der Waals surface area contributed by atoms with Crippen molar-refractivity contribution < 1.29 is 29.3 Å². The minimum Gasteiger partial charge on any atom is -0.459 e. The summed E-state index contributed by atoms with van der Waals surface area (Å²) in [6.45, 7) is 4.65. The molecule has 1 aromatic rings. The Morgan fingerprint density at radius 1 is 1.14 bits per heavy atom. The van der Waals surface area contributed by atoms with Crippen molar-refractivity contribution in [3.63, 3.8) is 0 Å². The molecule has 4 saturated carbocycles. The van der Waals surface area contributed by atoms with Gasteiger partial charge in [-0.05, 0) is 98.2 Å². The third-order valence-corrected chi connectivity index (χ3v) is 11.2. The van der Waals surface area contributed by atoms with Gasteiger partial charge < -0.3 is 19.7 Å². The average molecular weight is 496 g/mol. The van der Waals surface area contributed by atoms with Gasteiger partial charge in [0.25, 0.3) is 0 Å². The van der Waals surface area contributed by atoms with E-state index in [4.69, 9.17) is 9.47 Å². The molecule has 0 saturated heterocycles. The summed E-state index contributed by atoms with van der Waals surface area (Å²) in [6, 6.07) is 3.47. The predicted molar refractivity (Wildman–Crippen MR) is 131 cm³/mol. The molecule has 9 atom stereocenters. The Morgan fingerprint density at radius 3 is 2.69 bits per heavy atom. The van der Waals surface area contributed by atoms with Gasteiger partial charge in [0, 0.05) is 23.9 Å². The Balaban J connectivity index is 1.21. The van der Waals surface area contributed by atoms with E-state index >= 15 is 0 Å². The molecule has 6 rings (SSSR count).